The van der Waals surface area contributed by atoms with Crippen LogP contribution in [0.3, 0.4) is 0 Å². The average molecular weight is 312 g/mol. The molecule has 1 saturated carbocycles. The van der Waals surface area contributed by atoms with Gasteiger partial charge in [0.1, 0.15) is 5.82 Å². The van der Waals surface area contributed by atoms with Crippen molar-refractivity contribution in [2.75, 3.05) is 0 Å². The second-order valence-corrected chi connectivity index (χ2v) is 6.06. The third kappa shape index (κ3) is 2.68. The molecule has 0 aliphatic heterocycles. The summed E-state index contributed by atoms with van der Waals surface area (Å²) in [5.41, 5.74) is 6.23. The summed E-state index contributed by atoms with van der Waals surface area (Å²) in [6.07, 6.45) is 2.88. The molecule has 21 heavy (non-hydrogen) atoms. The maximum Gasteiger partial charge on any atom is 0.236 e. The molecule has 1 aromatic carbocycles. The number of rotatable bonds is 3. The Hall–Kier alpha value is -1.46. The van der Waals surface area contributed by atoms with Crippen molar-refractivity contribution in [1.29, 1.82) is 0 Å². The highest BCUT2D eigenvalue weighted by Gasteiger charge is 2.40. The van der Waals surface area contributed by atoms with Crippen LogP contribution in [0, 0.1) is 5.82 Å². The molecule has 0 saturated heterocycles. The summed E-state index contributed by atoms with van der Waals surface area (Å²) in [4.78, 5) is 4.48. The third-order valence-corrected chi connectivity index (χ3v) is 4.22. The Balaban J connectivity index is 0.00000161. The van der Waals surface area contributed by atoms with Crippen LogP contribution in [0.25, 0.3) is 0 Å². The second-order valence-electron chi connectivity index (χ2n) is 6.06. The first-order valence-corrected chi connectivity index (χ1v) is 6.81. The van der Waals surface area contributed by atoms with Gasteiger partial charge >= 0.3 is 0 Å². The van der Waals surface area contributed by atoms with Gasteiger partial charge in [-0.1, -0.05) is 17.3 Å². The molecule has 1 aliphatic carbocycles. The SMILES string of the molecule is CC(C)(c1ccc(F)cc1)c1nc(C2(N)CCC2)no1.Cl. The highest BCUT2D eigenvalue weighted by molar-refractivity contribution is 5.85. The molecule has 1 aromatic heterocycles. The predicted molar refractivity (Wildman–Crippen MR) is 79.8 cm³/mol. The molecular formula is C15H19ClFN3O. The molecule has 0 spiro atoms. The molecule has 0 atom stereocenters. The summed E-state index contributed by atoms with van der Waals surface area (Å²) in [7, 11) is 0. The molecular weight excluding hydrogens is 293 g/mol. The summed E-state index contributed by atoms with van der Waals surface area (Å²) in [6, 6.07) is 6.34. The van der Waals surface area contributed by atoms with Gasteiger partial charge in [0.25, 0.3) is 0 Å². The van der Waals surface area contributed by atoms with Crippen LogP contribution in [-0.4, -0.2) is 10.1 Å². The summed E-state index contributed by atoms with van der Waals surface area (Å²) in [5, 5.41) is 4.03. The van der Waals surface area contributed by atoms with Crippen molar-refractivity contribution < 1.29 is 8.91 Å². The minimum atomic E-state index is -0.473. The first-order chi connectivity index (χ1) is 9.42. The lowest BCUT2D eigenvalue weighted by Gasteiger charge is -2.34. The number of hydrogen-bond donors (Lipinski definition) is 1. The highest BCUT2D eigenvalue weighted by Crippen LogP contribution is 2.38. The van der Waals surface area contributed by atoms with Crippen molar-refractivity contribution in [1.82, 2.24) is 10.1 Å². The maximum atomic E-state index is 13.0. The lowest BCUT2D eigenvalue weighted by atomic mass is 9.77. The number of nitrogens with zero attached hydrogens (tertiary/aromatic N) is 2. The molecule has 6 heteroatoms. The first-order valence-electron chi connectivity index (χ1n) is 6.81. The van der Waals surface area contributed by atoms with E-state index < -0.39 is 11.0 Å². The smallest absolute Gasteiger partial charge is 0.236 e. The molecule has 1 heterocycles. The molecule has 1 fully saturated rings. The number of halogens is 2. The molecule has 2 N–H and O–H groups in total. The van der Waals surface area contributed by atoms with Crippen LogP contribution in [0.2, 0.25) is 0 Å². The van der Waals surface area contributed by atoms with E-state index in [1.165, 1.54) is 12.1 Å². The fraction of sp³-hybridized carbons (Fsp3) is 0.467. The van der Waals surface area contributed by atoms with Gasteiger partial charge in [0.05, 0.1) is 11.0 Å². The van der Waals surface area contributed by atoms with Crippen molar-refractivity contribution >= 4 is 12.4 Å². The molecule has 2 aromatic rings. The molecule has 4 nitrogen and oxygen atoms in total. The number of aromatic nitrogens is 2. The Bertz CT molecular complexity index is 620. The van der Waals surface area contributed by atoms with E-state index in [9.17, 15) is 4.39 Å². The topological polar surface area (TPSA) is 64.9 Å². The Morgan fingerprint density at radius 2 is 1.86 bits per heavy atom. The number of hydrogen-bond acceptors (Lipinski definition) is 4. The molecule has 0 bridgehead atoms. The van der Waals surface area contributed by atoms with Gasteiger partial charge in [-0.3, -0.25) is 0 Å². The average Bonchev–Trinajstić information content (AvgIpc) is 2.87. The van der Waals surface area contributed by atoms with Crippen LogP contribution in [-0.2, 0) is 11.0 Å². The monoisotopic (exact) mass is 311 g/mol. The normalized spacial score (nSPS) is 17.0. The van der Waals surface area contributed by atoms with Crippen LogP contribution in [0.4, 0.5) is 4.39 Å². The quantitative estimate of drug-likeness (QED) is 0.944. The minimum absolute atomic E-state index is 0. The van der Waals surface area contributed by atoms with E-state index in [4.69, 9.17) is 10.3 Å². The van der Waals surface area contributed by atoms with Gasteiger partial charge < -0.3 is 10.3 Å². The Morgan fingerprint density at radius 1 is 1.24 bits per heavy atom. The van der Waals surface area contributed by atoms with Crippen LogP contribution < -0.4 is 5.73 Å². The zero-order valence-electron chi connectivity index (χ0n) is 12.1. The molecule has 0 radical (unpaired) electrons. The van der Waals surface area contributed by atoms with Gasteiger partial charge in [-0.25, -0.2) is 4.39 Å². The lowest BCUT2D eigenvalue weighted by Crippen LogP contribution is -2.44. The Morgan fingerprint density at radius 3 is 2.38 bits per heavy atom. The van der Waals surface area contributed by atoms with Crippen molar-refractivity contribution in [3.8, 4) is 0 Å². The van der Waals surface area contributed by atoms with E-state index in [1.54, 1.807) is 12.1 Å². The van der Waals surface area contributed by atoms with Crippen molar-refractivity contribution in [3.05, 3.63) is 47.4 Å². The fourth-order valence-corrected chi connectivity index (χ4v) is 2.45. The highest BCUT2D eigenvalue weighted by atomic mass is 35.5. The second kappa shape index (κ2) is 5.39. The maximum absolute atomic E-state index is 13.0. The van der Waals surface area contributed by atoms with Gasteiger partial charge in [-0.2, -0.15) is 4.98 Å². The van der Waals surface area contributed by atoms with Gasteiger partial charge in [-0.15, -0.1) is 12.4 Å². The van der Waals surface area contributed by atoms with E-state index >= 15 is 0 Å². The van der Waals surface area contributed by atoms with Gasteiger partial charge in [-0.05, 0) is 50.8 Å². The Labute approximate surface area is 129 Å². The zero-order valence-corrected chi connectivity index (χ0v) is 12.9. The van der Waals surface area contributed by atoms with E-state index in [0.29, 0.717) is 11.7 Å². The van der Waals surface area contributed by atoms with Gasteiger partial charge in [0, 0.05) is 0 Å². The molecule has 114 valence electrons. The van der Waals surface area contributed by atoms with Crippen molar-refractivity contribution in [2.45, 2.75) is 44.1 Å². The van der Waals surface area contributed by atoms with E-state index in [1.807, 2.05) is 13.8 Å². The standard InChI is InChI=1S/C15H18FN3O.ClH/c1-14(2,10-4-6-11(16)7-5-10)13-18-12(19-20-13)15(17)8-3-9-15;/h4-7H,3,8-9,17H2,1-2H3;1H. The fourth-order valence-electron chi connectivity index (χ4n) is 2.45. The van der Waals surface area contributed by atoms with Crippen molar-refractivity contribution in [3.63, 3.8) is 0 Å². The molecule has 0 amide bonds. The molecule has 1 aliphatic rings. The van der Waals surface area contributed by atoms with Crippen LogP contribution in [0.1, 0.15) is 50.4 Å². The Kier molecular flexibility index (Phi) is 4.08. The van der Waals surface area contributed by atoms with Crippen molar-refractivity contribution in [2.24, 2.45) is 5.73 Å². The minimum Gasteiger partial charge on any atom is -0.338 e. The summed E-state index contributed by atoms with van der Waals surface area (Å²) in [5.74, 6) is 0.830. The zero-order chi connectivity index (χ0) is 14.4. The first kappa shape index (κ1) is 15.9. The van der Waals surface area contributed by atoms with E-state index in [0.717, 1.165) is 24.8 Å². The van der Waals surface area contributed by atoms with Gasteiger partial charge in [0.15, 0.2) is 5.82 Å². The summed E-state index contributed by atoms with van der Waals surface area (Å²) in [6.45, 7) is 3.95. The summed E-state index contributed by atoms with van der Waals surface area (Å²) >= 11 is 0. The van der Waals surface area contributed by atoms with Gasteiger partial charge in [0.2, 0.25) is 5.89 Å². The number of nitrogens with two attached hydrogens (primary N) is 1. The summed E-state index contributed by atoms with van der Waals surface area (Å²) < 4.78 is 18.4. The molecule has 3 rings (SSSR count). The molecule has 0 unspecified atom stereocenters. The predicted octanol–water partition coefficient (Wildman–Crippen LogP) is 3.29. The van der Waals surface area contributed by atoms with Crippen LogP contribution in [0.15, 0.2) is 28.8 Å². The largest absolute Gasteiger partial charge is 0.338 e. The van der Waals surface area contributed by atoms with E-state index in [2.05, 4.69) is 10.1 Å². The van der Waals surface area contributed by atoms with Crippen LogP contribution in [0.5, 0.6) is 0 Å². The number of benzene rings is 1. The van der Waals surface area contributed by atoms with Crippen LogP contribution >= 0.6 is 12.4 Å². The lowest BCUT2D eigenvalue weighted by molar-refractivity contribution is 0.228. The third-order valence-electron chi connectivity index (χ3n) is 4.22. The van der Waals surface area contributed by atoms with E-state index in [-0.39, 0.29) is 18.2 Å².